The molecular weight excluding hydrogens is 236 g/mol. The number of urea groups is 1. The zero-order valence-corrected chi connectivity index (χ0v) is 11.6. The molecule has 0 fully saturated rings. The Morgan fingerprint density at radius 3 is 2.33 bits per heavy atom. The van der Waals surface area contributed by atoms with E-state index in [2.05, 4.69) is 5.32 Å². The first-order chi connectivity index (χ1) is 8.17. The van der Waals surface area contributed by atoms with Crippen molar-refractivity contribution in [1.29, 1.82) is 0 Å². The molecule has 0 aromatic rings. The minimum atomic E-state index is -1.03. The lowest BCUT2D eigenvalue weighted by atomic mass is 10.1. The molecular formula is C12H24N2O4. The SMILES string of the molecule is CCCC[C@H](NC(=O)N(C)CC(C)(C)O)C(=O)O. The van der Waals surface area contributed by atoms with E-state index in [1.165, 1.54) is 11.9 Å². The number of likely N-dealkylation sites (N-methyl/N-ethyl adjacent to an activating group) is 1. The summed E-state index contributed by atoms with van der Waals surface area (Å²) in [7, 11) is 1.52. The summed E-state index contributed by atoms with van der Waals surface area (Å²) in [5.41, 5.74) is -1.01. The second-order valence-corrected chi connectivity index (χ2v) is 5.15. The van der Waals surface area contributed by atoms with E-state index in [1.54, 1.807) is 13.8 Å². The standard InChI is InChI=1S/C12H24N2O4/c1-5-6-7-9(10(15)16)13-11(17)14(4)8-12(2,3)18/h9,18H,5-8H2,1-4H3,(H,13,17)(H,15,16)/t9-/m0/s1. The van der Waals surface area contributed by atoms with Crippen molar-refractivity contribution in [3.8, 4) is 0 Å². The molecule has 1 atom stereocenters. The third-order valence-corrected chi connectivity index (χ3v) is 2.41. The first kappa shape index (κ1) is 16.7. The van der Waals surface area contributed by atoms with Gasteiger partial charge in [-0.05, 0) is 20.3 Å². The fourth-order valence-electron chi connectivity index (χ4n) is 1.58. The van der Waals surface area contributed by atoms with Crippen molar-refractivity contribution in [1.82, 2.24) is 10.2 Å². The van der Waals surface area contributed by atoms with Crippen molar-refractivity contribution in [2.24, 2.45) is 0 Å². The predicted molar refractivity (Wildman–Crippen MR) is 68.4 cm³/mol. The molecule has 6 heteroatoms. The second-order valence-electron chi connectivity index (χ2n) is 5.15. The number of carboxylic acid groups (broad SMARTS) is 1. The molecule has 0 rings (SSSR count). The van der Waals surface area contributed by atoms with E-state index in [4.69, 9.17) is 5.11 Å². The van der Waals surface area contributed by atoms with Gasteiger partial charge >= 0.3 is 12.0 Å². The zero-order chi connectivity index (χ0) is 14.3. The van der Waals surface area contributed by atoms with Crippen LogP contribution in [0.2, 0.25) is 0 Å². The lowest BCUT2D eigenvalue weighted by Crippen LogP contribution is -2.49. The Bertz CT molecular complexity index is 286. The van der Waals surface area contributed by atoms with Gasteiger partial charge in [-0.2, -0.15) is 0 Å². The number of carbonyl (C=O) groups excluding carboxylic acids is 1. The summed E-state index contributed by atoms with van der Waals surface area (Å²) in [5, 5.41) is 21.0. The molecule has 0 spiro atoms. The molecule has 0 saturated carbocycles. The van der Waals surface area contributed by atoms with Crippen molar-refractivity contribution < 1.29 is 19.8 Å². The number of aliphatic hydroxyl groups is 1. The summed E-state index contributed by atoms with van der Waals surface area (Å²) in [6, 6.07) is -1.36. The average Bonchev–Trinajstić information content (AvgIpc) is 2.20. The molecule has 18 heavy (non-hydrogen) atoms. The van der Waals surface area contributed by atoms with E-state index in [-0.39, 0.29) is 6.54 Å². The number of nitrogens with zero attached hydrogens (tertiary/aromatic N) is 1. The van der Waals surface area contributed by atoms with Gasteiger partial charge in [0.05, 0.1) is 12.1 Å². The van der Waals surface area contributed by atoms with Crippen molar-refractivity contribution in [3.63, 3.8) is 0 Å². The summed E-state index contributed by atoms with van der Waals surface area (Å²) in [5.74, 6) is -1.03. The first-order valence-corrected chi connectivity index (χ1v) is 6.14. The van der Waals surface area contributed by atoms with Crippen molar-refractivity contribution in [2.75, 3.05) is 13.6 Å². The maximum absolute atomic E-state index is 11.7. The van der Waals surface area contributed by atoms with Crippen LogP contribution in [0.15, 0.2) is 0 Å². The summed E-state index contributed by atoms with van der Waals surface area (Å²) in [6.45, 7) is 5.27. The number of rotatable bonds is 7. The highest BCUT2D eigenvalue weighted by Gasteiger charge is 2.24. The highest BCUT2D eigenvalue weighted by Crippen LogP contribution is 2.05. The number of amides is 2. The number of hydrogen-bond acceptors (Lipinski definition) is 3. The topological polar surface area (TPSA) is 89.9 Å². The average molecular weight is 260 g/mol. The van der Waals surface area contributed by atoms with Gasteiger partial charge in [-0.3, -0.25) is 0 Å². The Morgan fingerprint density at radius 2 is 1.94 bits per heavy atom. The maximum atomic E-state index is 11.7. The molecule has 0 heterocycles. The smallest absolute Gasteiger partial charge is 0.326 e. The Hall–Kier alpha value is -1.30. The first-order valence-electron chi connectivity index (χ1n) is 6.14. The highest BCUT2D eigenvalue weighted by molar-refractivity contribution is 5.82. The van der Waals surface area contributed by atoms with E-state index in [0.717, 1.165) is 12.8 Å². The van der Waals surface area contributed by atoms with Gasteiger partial charge in [0.15, 0.2) is 0 Å². The molecule has 0 aliphatic rings. The van der Waals surface area contributed by atoms with Gasteiger partial charge in [-0.15, -0.1) is 0 Å². The van der Waals surface area contributed by atoms with Crippen LogP contribution in [0.1, 0.15) is 40.0 Å². The van der Waals surface area contributed by atoms with Gasteiger partial charge in [-0.25, -0.2) is 9.59 Å². The lowest BCUT2D eigenvalue weighted by molar-refractivity contribution is -0.139. The van der Waals surface area contributed by atoms with Crippen molar-refractivity contribution in [2.45, 2.75) is 51.7 Å². The maximum Gasteiger partial charge on any atom is 0.326 e. The quantitative estimate of drug-likeness (QED) is 0.638. The number of aliphatic carboxylic acids is 1. The molecule has 0 aromatic heterocycles. The van der Waals surface area contributed by atoms with Crippen LogP contribution in [0.25, 0.3) is 0 Å². The Morgan fingerprint density at radius 1 is 1.39 bits per heavy atom. The third kappa shape index (κ3) is 7.11. The van der Waals surface area contributed by atoms with Crippen LogP contribution in [-0.4, -0.2) is 52.3 Å². The predicted octanol–water partition coefficient (Wildman–Crippen LogP) is 1.04. The molecule has 0 saturated heterocycles. The van der Waals surface area contributed by atoms with Crippen LogP contribution in [0, 0.1) is 0 Å². The Balaban J connectivity index is 4.36. The minimum Gasteiger partial charge on any atom is -0.480 e. The normalized spacial score (nSPS) is 12.9. The van der Waals surface area contributed by atoms with Crippen LogP contribution < -0.4 is 5.32 Å². The molecule has 0 radical (unpaired) electrons. The van der Waals surface area contributed by atoms with Gasteiger partial charge in [0, 0.05) is 7.05 Å². The summed E-state index contributed by atoms with van der Waals surface area (Å²) < 4.78 is 0. The van der Waals surface area contributed by atoms with Crippen LogP contribution >= 0.6 is 0 Å². The Kier molecular flexibility index (Phi) is 6.68. The molecule has 2 amide bonds. The van der Waals surface area contributed by atoms with Crippen LogP contribution in [0.4, 0.5) is 4.79 Å². The summed E-state index contributed by atoms with van der Waals surface area (Å²) >= 11 is 0. The van der Waals surface area contributed by atoms with Crippen molar-refractivity contribution >= 4 is 12.0 Å². The van der Waals surface area contributed by atoms with Gasteiger partial charge in [-0.1, -0.05) is 19.8 Å². The highest BCUT2D eigenvalue weighted by atomic mass is 16.4. The van der Waals surface area contributed by atoms with E-state index >= 15 is 0 Å². The molecule has 0 aliphatic heterocycles. The van der Waals surface area contributed by atoms with E-state index in [1.807, 2.05) is 6.92 Å². The molecule has 106 valence electrons. The molecule has 0 aromatic carbocycles. The van der Waals surface area contributed by atoms with Gasteiger partial charge in [0.25, 0.3) is 0 Å². The fourth-order valence-corrected chi connectivity index (χ4v) is 1.58. The monoisotopic (exact) mass is 260 g/mol. The van der Waals surface area contributed by atoms with Crippen LogP contribution in [0.5, 0.6) is 0 Å². The van der Waals surface area contributed by atoms with Crippen LogP contribution in [0.3, 0.4) is 0 Å². The second kappa shape index (κ2) is 7.20. The molecule has 6 nitrogen and oxygen atoms in total. The summed E-state index contributed by atoms with van der Waals surface area (Å²) in [4.78, 5) is 24.0. The largest absolute Gasteiger partial charge is 0.480 e. The van der Waals surface area contributed by atoms with Gasteiger partial charge in [0.1, 0.15) is 6.04 Å². The third-order valence-electron chi connectivity index (χ3n) is 2.41. The van der Waals surface area contributed by atoms with Gasteiger partial charge < -0.3 is 20.4 Å². The number of carboxylic acids is 1. The number of unbranched alkanes of at least 4 members (excludes halogenated alkanes) is 1. The zero-order valence-electron chi connectivity index (χ0n) is 11.6. The molecule has 0 aliphatic carbocycles. The Labute approximate surface area is 108 Å². The number of nitrogens with one attached hydrogen (secondary N) is 1. The molecule has 0 bridgehead atoms. The molecule has 3 N–H and O–H groups in total. The number of hydrogen-bond donors (Lipinski definition) is 3. The van der Waals surface area contributed by atoms with E-state index < -0.39 is 23.6 Å². The van der Waals surface area contributed by atoms with E-state index in [0.29, 0.717) is 6.42 Å². The minimum absolute atomic E-state index is 0.138. The van der Waals surface area contributed by atoms with Crippen LogP contribution in [-0.2, 0) is 4.79 Å². The lowest BCUT2D eigenvalue weighted by Gasteiger charge is -2.27. The van der Waals surface area contributed by atoms with Crippen molar-refractivity contribution in [3.05, 3.63) is 0 Å². The van der Waals surface area contributed by atoms with E-state index in [9.17, 15) is 14.7 Å². The number of carbonyl (C=O) groups is 2. The molecule has 0 unspecified atom stereocenters. The van der Waals surface area contributed by atoms with Gasteiger partial charge in [0.2, 0.25) is 0 Å². The summed E-state index contributed by atoms with van der Waals surface area (Å²) in [6.07, 6.45) is 2.03. The fraction of sp³-hybridized carbons (Fsp3) is 0.833.